The molecule has 0 N–H and O–H groups in total. The highest BCUT2D eigenvalue weighted by atomic mass is 32.2. The van der Waals surface area contributed by atoms with E-state index >= 15 is 0 Å². The van der Waals surface area contributed by atoms with Gasteiger partial charge in [0.15, 0.2) is 5.17 Å². The van der Waals surface area contributed by atoms with Crippen molar-refractivity contribution < 1.29 is 4.92 Å². The van der Waals surface area contributed by atoms with E-state index in [1.807, 2.05) is 6.92 Å². The quantitative estimate of drug-likeness (QED) is 0.535. The molecular formula is C18H27N3O2S. The predicted molar refractivity (Wildman–Crippen MR) is 102 cm³/mol. The summed E-state index contributed by atoms with van der Waals surface area (Å²) in [6.07, 6.45) is 1.16. The molecule has 0 aromatic heterocycles. The number of thioether (sulfide) groups is 1. The van der Waals surface area contributed by atoms with Crippen molar-refractivity contribution in [3.8, 4) is 0 Å². The molecule has 2 rings (SSSR count). The van der Waals surface area contributed by atoms with Crippen LogP contribution < -0.4 is 0 Å². The molecule has 6 heteroatoms. The fraction of sp³-hybridized carbons (Fsp3) is 0.611. The van der Waals surface area contributed by atoms with E-state index in [0.717, 1.165) is 35.1 Å². The van der Waals surface area contributed by atoms with E-state index in [2.05, 4.69) is 32.6 Å². The minimum absolute atomic E-state index is 0.118. The normalized spacial score (nSPS) is 19.7. The van der Waals surface area contributed by atoms with E-state index in [0.29, 0.717) is 17.9 Å². The van der Waals surface area contributed by atoms with Crippen molar-refractivity contribution in [1.82, 2.24) is 4.90 Å². The summed E-state index contributed by atoms with van der Waals surface area (Å²) in [6.45, 7) is 11.8. The minimum Gasteiger partial charge on any atom is -0.347 e. The number of hydrogen-bond acceptors (Lipinski definition) is 4. The molecule has 1 atom stereocenters. The molecule has 132 valence electrons. The van der Waals surface area contributed by atoms with Gasteiger partial charge in [-0.3, -0.25) is 10.1 Å². The van der Waals surface area contributed by atoms with Gasteiger partial charge >= 0.3 is 0 Å². The number of benzene rings is 1. The number of rotatable bonds is 6. The smallest absolute Gasteiger partial charge is 0.269 e. The fourth-order valence-corrected chi connectivity index (χ4v) is 4.15. The summed E-state index contributed by atoms with van der Waals surface area (Å²) in [5.74, 6) is 2.29. The minimum atomic E-state index is -0.363. The summed E-state index contributed by atoms with van der Waals surface area (Å²) in [5.41, 5.74) is 1.78. The topological polar surface area (TPSA) is 58.7 Å². The molecule has 0 aliphatic carbocycles. The molecule has 0 amide bonds. The Kier molecular flexibility index (Phi) is 6.27. The van der Waals surface area contributed by atoms with Gasteiger partial charge in [0.2, 0.25) is 0 Å². The van der Waals surface area contributed by atoms with Crippen molar-refractivity contribution >= 4 is 28.3 Å². The van der Waals surface area contributed by atoms with E-state index in [1.165, 1.54) is 6.07 Å². The lowest BCUT2D eigenvalue weighted by atomic mass is 10.0. The summed E-state index contributed by atoms with van der Waals surface area (Å²) < 4.78 is 0. The molecule has 1 fully saturated rings. The molecule has 1 aromatic rings. The first-order valence-corrected chi connectivity index (χ1v) is 9.49. The molecule has 1 heterocycles. The molecule has 24 heavy (non-hydrogen) atoms. The lowest BCUT2D eigenvalue weighted by Crippen LogP contribution is -2.37. The Morgan fingerprint density at radius 1 is 1.33 bits per heavy atom. The molecule has 0 saturated carbocycles. The van der Waals surface area contributed by atoms with Crippen molar-refractivity contribution in [2.24, 2.45) is 16.8 Å². The van der Waals surface area contributed by atoms with Gasteiger partial charge in [-0.05, 0) is 36.8 Å². The van der Waals surface area contributed by atoms with Crippen LogP contribution in [0.1, 0.15) is 39.7 Å². The first-order valence-electron chi connectivity index (χ1n) is 8.51. The maximum Gasteiger partial charge on any atom is 0.269 e. The van der Waals surface area contributed by atoms with Crippen LogP contribution in [0.5, 0.6) is 0 Å². The summed E-state index contributed by atoms with van der Waals surface area (Å²) in [5, 5.41) is 11.9. The largest absolute Gasteiger partial charge is 0.347 e. The van der Waals surface area contributed by atoms with Crippen LogP contribution in [0.15, 0.2) is 23.2 Å². The number of aryl methyl sites for hydroxylation is 1. The Morgan fingerprint density at radius 2 is 2.04 bits per heavy atom. The van der Waals surface area contributed by atoms with E-state index < -0.39 is 0 Å². The third kappa shape index (κ3) is 4.72. The second-order valence-corrected chi connectivity index (χ2v) is 8.25. The van der Waals surface area contributed by atoms with E-state index in [-0.39, 0.29) is 10.6 Å². The average molecular weight is 350 g/mol. The maximum absolute atomic E-state index is 10.9. The van der Waals surface area contributed by atoms with Gasteiger partial charge in [-0.25, -0.2) is 4.99 Å². The molecule has 5 nitrogen and oxygen atoms in total. The predicted octanol–water partition coefficient (Wildman–Crippen LogP) is 5.01. The van der Waals surface area contributed by atoms with Gasteiger partial charge in [-0.15, -0.1) is 0 Å². The van der Waals surface area contributed by atoms with Crippen molar-refractivity contribution in [3.05, 3.63) is 33.9 Å². The van der Waals surface area contributed by atoms with E-state index in [9.17, 15) is 10.1 Å². The Labute approximate surface area is 148 Å². The van der Waals surface area contributed by atoms with Crippen LogP contribution in [0.4, 0.5) is 11.4 Å². The van der Waals surface area contributed by atoms with Gasteiger partial charge < -0.3 is 4.90 Å². The lowest BCUT2D eigenvalue weighted by Gasteiger charge is -2.28. The second kappa shape index (κ2) is 8.01. The summed E-state index contributed by atoms with van der Waals surface area (Å²) in [6, 6.07) is 5.40. The van der Waals surface area contributed by atoms with Gasteiger partial charge in [0.05, 0.1) is 10.6 Å². The molecule has 0 unspecified atom stereocenters. The first kappa shape index (κ1) is 18.8. The van der Waals surface area contributed by atoms with Crippen LogP contribution in [0.25, 0.3) is 0 Å². The number of non-ortho nitro benzene ring substituents is 1. The van der Waals surface area contributed by atoms with Crippen molar-refractivity contribution in [3.63, 3.8) is 0 Å². The monoisotopic (exact) mass is 349 g/mol. The van der Waals surface area contributed by atoms with Gasteiger partial charge in [0, 0.05) is 30.5 Å². The van der Waals surface area contributed by atoms with E-state index in [1.54, 1.807) is 23.9 Å². The molecule has 1 aliphatic rings. The van der Waals surface area contributed by atoms with Crippen LogP contribution >= 0.6 is 11.8 Å². The Hall–Kier alpha value is -1.56. The fourth-order valence-electron chi connectivity index (χ4n) is 2.94. The Morgan fingerprint density at radius 3 is 2.58 bits per heavy atom. The van der Waals surface area contributed by atoms with Crippen LogP contribution in [0, 0.1) is 28.9 Å². The number of aliphatic imine (C=N–C) groups is 1. The lowest BCUT2D eigenvalue weighted by molar-refractivity contribution is -0.384. The molecule has 0 spiro atoms. The zero-order valence-electron chi connectivity index (χ0n) is 15.2. The highest BCUT2D eigenvalue weighted by Crippen LogP contribution is 2.32. The van der Waals surface area contributed by atoms with Crippen molar-refractivity contribution in [1.29, 1.82) is 0 Å². The standard InChI is InChI=1S/C18H27N3O2S/c1-12(2)8-16-11-24-18(20(16)10-13(3)4)19-17-7-6-15(21(22)23)9-14(17)5/h6-7,9,12-13,16H,8,10-11H2,1-5H3/t16-/m0/s1. The summed E-state index contributed by atoms with van der Waals surface area (Å²) in [7, 11) is 0. The maximum atomic E-state index is 10.9. The van der Waals surface area contributed by atoms with Crippen LogP contribution in [0.2, 0.25) is 0 Å². The van der Waals surface area contributed by atoms with Gasteiger partial charge in [0.25, 0.3) is 5.69 Å². The molecule has 1 aliphatic heterocycles. The SMILES string of the molecule is Cc1cc([N+](=O)[O-])ccc1N=C1SC[C@H](CC(C)C)N1CC(C)C. The highest BCUT2D eigenvalue weighted by molar-refractivity contribution is 8.14. The highest BCUT2D eigenvalue weighted by Gasteiger charge is 2.31. The molecule has 1 saturated heterocycles. The molecule has 0 bridgehead atoms. The molecule has 0 radical (unpaired) electrons. The van der Waals surface area contributed by atoms with Gasteiger partial charge in [0.1, 0.15) is 0 Å². The second-order valence-electron chi connectivity index (χ2n) is 7.26. The first-order chi connectivity index (χ1) is 11.3. The third-order valence-corrected chi connectivity index (χ3v) is 5.14. The van der Waals surface area contributed by atoms with Crippen LogP contribution in [-0.4, -0.2) is 33.3 Å². The van der Waals surface area contributed by atoms with E-state index in [4.69, 9.17) is 4.99 Å². The third-order valence-electron chi connectivity index (χ3n) is 4.00. The van der Waals surface area contributed by atoms with Crippen molar-refractivity contribution in [2.75, 3.05) is 12.3 Å². The number of nitrogens with zero attached hydrogens (tertiary/aromatic N) is 3. The number of hydrogen-bond donors (Lipinski definition) is 0. The Balaban J connectivity index is 2.28. The molecular weight excluding hydrogens is 322 g/mol. The number of amidine groups is 1. The van der Waals surface area contributed by atoms with Gasteiger partial charge in [-0.1, -0.05) is 39.5 Å². The number of nitro benzene ring substituents is 1. The zero-order chi connectivity index (χ0) is 17.9. The molecule has 1 aromatic carbocycles. The number of nitro groups is 1. The average Bonchev–Trinajstić information content (AvgIpc) is 2.82. The van der Waals surface area contributed by atoms with Crippen molar-refractivity contribution in [2.45, 2.75) is 47.1 Å². The zero-order valence-corrected chi connectivity index (χ0v) is 16.0. The summed E-state index contributed by atoms with van der Waals surface area (Å²) in [4.78, 5) is 17.8. The van der Waals surface area contributed by atoms with Crippen LogP contribution in [-0.2, 0) is 0 Å². The Bertz CT molecular complexity index is 629. The van der Waals surface area contributed by atoms with Gasteiger partial charge in [-0.2, -0.15) is 0 Å². The van der Waals surface area contributed by atoms with Crippen LogP contribution in [0.3, 0.4) is 0 Å². The summed E-state index contributed by atoms with van der Waals surface area (Å²) >= 11 is 1.80.